The van der Waals surface area contributed by atoms with Crippen LogP contribution in [0.4, 0.5) is 10.5 Å². The lowest BCUT2D eigenvalue weighted by Gasteiger charge is -2.27. The van der Waals surface area contributed by atoms with E-state index in [1.807, 2.05) is 19.0 Å². The first-order valence-corrected chi connectivity index (χ1v) is 10.1. The quantitative estimate of drug-likeness (QED) is 0.441. The molecule has 0 N–H and O–H groups in total. The van der Waals surface area contributed by atoms with Crippen LogP contribution in [0.2, 0.25) is 0 Å². The minimum absolute atomic E-state index is 0.0160. The smallest absolute Gasteiger partial charge is 0.410 e. The maximum Gasteiger partial charge on any atom is 0.410 e. The van der Waals surface area contributed by atoms with Crippen molar-refractivity contribution in [1.29, 1.82) is 0 Å². The molecule has 0 spiro atoms. The van der Waals surface area contributed by atoms with E-state index < -0.39 is 17.1 Å². The molecule has 2 aliphatic heterocycles. The number of hydrogen-bond acceptors (Lipinski definition) is 7. The van der Waals surface area contributed by atoms with Crippen LogP contribution in [0.3, 0.4) is 0 Å². The van der Waals surface area contributed by atoms with Crippen LogP contribution in [0.5, 0.6) is 0 Å². The van der Waals surface area contributed by atoms with Gasteiger partial charge in [0.05, 0.1) is 4.92 Å². The molecule has 0 bridgehead atoms. The van der Waals surface area contributed by atoms with Gasteiger partial charge in [0, 0.05) is 43.1 Å². The van der Waals surface area contributed by atoms with E-state index >= 15 is 0 Å². The SMILES string of the molecule is CN(C)[C@@H]1CCN(C(=O)[C@@H]2C[C@H](S)CN2C(=O)OCc2ccc([N+](=O)[O-])cc2)C1. The summed E-state index contributed by atoms with van der Waals surface area (Å²) in [4.78, 5) is 41.3. The van der Waals surface area contributed by atoms with E-state index in [2.05, 4.69) is 17.5 Å². The van der Waals surface area contributed by atoms with Crippen molar-refractivity contribution in [2.75, 3.05) is 33.7 Å². The number of rotatable bonds is 5. The van der Waals surface area contributed by atoms with Gasteiger partial charge in [-0.25, -0.2) is 4.79 Å². The van der Waals surface area contributed by atoms with Gasteiger partial charge < -0.3 is 14.5 Å². The van der Waals surface area contributed by atoms with Crippen LogP contribution >= 0.6 is 12.6 Å². The van der Waals surface area contributed by atoms with E-state index in [1.165, 1.54) is 17.0 Å². The second-order valence-electron chi connectivity index (χ2n) is 7.73. The Bertz CT molecular complexity index is 772. The van der Waals surface area contributed by atoms with Crippen molar-refractivity contribution in [3.8, 4) is 0 Å². The third-order valence-electron chi connectivity index (χ3n) is 5.51. The number of likely N-dealkylation sites (tertiary alicyclic amines) is 2. The molecule has 2 heterocycles. The molecule has 2 amide bonds. The van der Waals surface area contributed by atoms with Gasteiger partial charge in [-0.1, -0.05) is 0 Å². The van der Waals surface area contributed by atoms with Gasteiger partial charge in [0.1, 0.15) is 12.6 Å². The van der Waals surface area contributed by atoms with Gasteiger partial charge in [-0.3, -0.25) is 19.8 Å². The standard InChI is InChI=1S/C19H26N4O5S/c1-20(2)15-7-8-21(10-15)18(24)17-9-16(29)11-22(17)19(25)28-12-13-3-5-14(6-4-13)23(26)27/h3-6,15-17,29H,7-12H2,1-2H3/t15-,16+,17+/m1/s1. The van der Waals surface area contributed by atoms with Gasteiger partial charge in [0.25, 0.3) is 5.69 Å². The summed E-state index contributed by atoms with van der Waals surface area (Å²) in [5.41, 5.74) is 0.617. The van der Waals surface area contributed by atoms with E-state index in [1.54, 1.807) is 12.1 Å². The molecule has 3 atom stereocenters. The molecular weight excluding hydrogens is 396 g/mol. The molecule has 1 aromatic carbocycles. The zero-order valence-electron chi connectivity index (χ0n) is 16.6. The molecule has 2 fully saturated rings. The lowest BCUT2D eigenvalue weighted by molar-refractivity contribution is -0.384. The van der Waals surface area contributed by atoms with Crippen LogP contribution in [-0.4, -0.2) is 82.7 Å². The van der Waals surface area contributed by atoms with E-state index in [4.69, 9.17) is 4.74 Å². The summed E-state index contributed by atoms with van der Waals surface area (Å²) >= 11 is 4.47. The van der Waals surface area contributed by atoms with Gasteiger partial charge in [-0.2, -0.15) is 12.6 Å². The Kier molecular flexibility index (Phi) is 6.63. The molecule has 3 rings (SSSR count). The average Bonchev–Trinajstić information content (AvgIpc) is 3.33. The van der Waals surface area contributed by atoms with Crippen molar-refractivity contribution in [2.45, 2.75) is 36.8 Å². The maximum atomic E-state index is 13.0. The lowest BCUT2D eigenvalue weighted by Crippen LogP contribution is -2.48. The fourth-order valence-electron chi connectivity index (χ4n) is 3.77. The Hall–Kier alpha value is -2.33. The van der Waals surface area contributed by atoms with Crippen LogP contribution in [0.25, 0.3) is 0 Å². The molecule has 0 radical (unpaired) electrons. The number of benzene rings is 1. The van der Waals surface area contributed by atoms with Crippen molar-refractivity contribution in [3.63, 3.8) is 0 Å². The van der Waals surface area contributed by atoms with E-state index in [-0.39, 0.29) is 23.5 Å². The highest BCUT2D eigenvalue weighted by atomic mass is 32.1. The van der Waals surface area contributed by atoms with Crippen LogP contribution in [0.15, 0.2) is 24.3 Å². The Balaban J connectivity index is 1.59. The number of carbonyl (C=O) groups excluding carboxylic acids is 2. The zero-order chi connectivity index (χ0) is 21.1. The highest BCUT2D eigenvalue weighted by Crippen LogP contribution is 2.26. The zero-order valence-corrected chi connectivity index (χ0v) is 17.5. The molecule has 0 aliphatic carbocycles. The summed E-state index contributed by atoms with van der Waals surface area (Å²) in [7, 11) is 4.00. The molecule has 158 valence electrons. The predicted molar refractivity (Wildman–Crippen MR) is 110 cm³/mol. The lowest BCUT2D eigenvalue weighted by atomic mass is 10.2. The van der Waals surface area contributed by atoms with Crippen LogP contribution in [0.1, 0.15) is 18.4 Å². The molecule has 1 aromatic rings. The van der Waals surface area contributed by atoms with Crippen LogP contribution < -0.4 is 0 Å². The number of non-ortho nitro benzene ring substituents is 1. The minimum atomic E-state index is -0.568. The maximum absolute atomic E-state index is 13.0. The van der Waals surface area contributed by atoms with Crippen molar-refractivity contribution in [3.05, 3.63) is 39.9 Å². The number of nitro benzene ring substituents is 1. The van der Waals surface area contributed by atoms with E-state index in [9.17, 15) is 19.7 Å². The fraction of sp³-hybridized carbons (Fsp3) is 0.579. The van der Waals surface area contributed by atoms with Crippen LogP contribution in [-0.2, 0) is 16.1 Å². The fourth-order valence-corrected chi connectivity index (χ4v) is 4.14. The Morgan fingerprint density at radius 3 is 2.55 bits per heavy atom. The van der Waals surface area contributed by atoms with Gasteiger partial charge in [0.15, 0.2) is 0 Å². The molecule has 10 heteroatoms. The largest absolute Gasteiger partial charge is 0.445 e. The second kappa shape index (κ2) is 9.00. The summed E-state index contributed by atoms with van der Waals surface area (Å²) in [5, 5.41) is 10.6. The van der Waals surface area contributed by atoms with E-state index in [0.29, 0.717) is 37.7 Å². The Morgan fingerprint density at radius 2 is 1.97 bits per heavy atom. The normalized spacial score (nSPS) is 24.2. The molecule has 0 unspecified atom stereocenters. The first kappa shape index (κ1) is 21.4. The van der Waals surface area contributed by atoms with Crippen molar-refractivity contribution >= 4 is 30.3 Å². The third kappa shape index (κ3) is 4.99. The summed E-state index contributed by atoms with van der Waals surface area (Å²) in [6, 6.07) is 5.58. The molecule has 9 nitrogen and oxygen atoms in total. The molecule has 0 saturated carbocycles. The monoisotopic (exact) mass is 422 g/mol. The highest BCUT2D eigenvalue weighted by molar-refractivity contribution is 7.81. The molecule has 2 aliphatic rings. The summed E-state index contributed by atoms with van der Waals surface area (Å²) in [6.45, 7) is 1.67. The topological polar surface area (TPSA) is 96.2 Å². The summed E-state index contributed by atoms with van der Waals surface area (Å²) in [6.07, 6.45) is 0.847. The van der Waals surface area contributed by atoms with E-state index in [0.717, 1.165) is 6.42 Å². The highest BCUT2D eigenvalue weighted by Gasteiger charge is 2.42. The van der Waals surface area contributed by atoms with Crippen molar-refractivity contribution in [1.82, 2.24) is 14.7 Å². The van der Waals surface area contributed by atoms with Gasteiger partial charge in [0.2, 0.25) is 5.91 Å². The number of likely N-dealkylation sites (N-methyl/N-ethyl adjacent to an activating group) is 1. The number of thiol groups is 1. The number of ether oxygens (including phenoxy) is 1. The number of carbonyl (C=O) groups is 2. The van der Waals surface area contributed by atoms with Crippen LogP contribution in [0, 0.1) is 10.1 Å². The molecule has 0 aromatic heterocycles. The number of nitro groups is 1. The predicted octanol–water partition coefficient (Wildman–Crippen LogP) is 1.77. The Labute approximate surface area is 175 Å². The number of amides is 2. The van der Waals surface area contributed by atoms with Crippen molar-refractivity contribution in [2.24, 2.45) is 0 Å². The number of nitrogens with zero attached hydrogens (tertiary/aromatic N) is 4. The summed E-state index contributed by atoms with van der Waals surface area (Å²) < 4.78 is 5.37. The van der Waals surface area contributed by atoms with Gasteiger partial charge in [-0.15, -0.1) is 0 Å². The second-order valence-corrected chi connectivity index (χ2v) is 8.46. The molecule has 29 heavy (non-hydrogen) atoms. The first-order valence-electron chi connectivity index (χ1n) is 9.56. The minimum Gasteiger partial charge on any atom is -0.445 e. The van der Waals surface area contributed by atoms with Gasteiger partial charge in [-0.05, 0) is 44.6 Å². The molecule has 2 saturated heterocycles. The first-order chi connectivity index (χ1) is 13.8. The van der Waals surface area contributed by atoms with Gasteiger partial charge >= 0.3 is 6.09 Å². The third-order valence-corrected chi connectivity index (χ3v) is 5.89. The average molecular weight is 423 g/mol. The molecular formula is C19H26N4O5S. The Morgan fingerprint density at radius 1 is 1.28 bits per heavy atom. The van der Waals surface area contributed by atoms with Crippen molar-refractivity contribution < 1.29 is 19.2 Å². The number of hydrogen-bond donors (Lipinski definition) is 1. The summed E-state index contributed by atoms with van der Waals surface area (Å²) in [5.74, 6) is -0.0572.